The highest BCUT2D eigenvalue weighted by Crippen LogP contribution is 2.18. The van der Waals surface area contributed by atoms with Gasteiger partial charge in [0.2, 0.25) is 0 Å². The van der Waals surface area contributed by atoms with Gasteiger partial charge in [-0.25, -0.2) is 4.98 Å². The molecule has 0 spiro atoms. The first-order valence-corrected chi connectivity index (χ1v) is 5.63. The van der Waals surface area contributed by atoms with Crippen LogP contribution in [0.15, 0.2) is 30.6 Å². The monoisotopic (exact) mass is 277 g/mol. The second-order valence-corrected chi connectivity index (χ2v) is 3.75. The third-order valence-corrected chi connectivity index (χ3v) is 2.32. The molecule has 0 aliphatic heterocycles. The molecule has 2 N–H and O–H groups in total. The second kappa shape index (κ2) is 6.27. The number of nitro benzene ring substituents is 1. The van der Waals surface area contributed by atoms with Gasteiger partial charge < -0.3 is 10.1 Å². The molecule has 104 valence electrons. The van der Waals surface area contributed by atoms with Crippen LogP contribution in [0.3, 0.4) is 0 Å². The second-order valence-electron chi connectivity index (χ2n) is 3.75. The van der Waals surface area contributed by atoms with Crippen molar-refractivity contribution in [2.24, 2.45) is 0 Å². The molecule has 0 saturated carbocycles. The number of hydrogen-bond acceptors (Lipinski definition) is 6. The summed E-state index contributed by atoms with van der Waals surface area (Å²) in [5.74, 6) is 0.413. The van der Waals surface area contributed by atoms with Gasteiger partial charge in [-0.05, 0) is 6.07 Å². The highest BCUT2D eigenvalue weighted by atomic mass is 16.6. The lowest BCUT2D eigenvalue weighted by Crippen LogP contribution is -2.28. The minimum absolute atomic E-state index is 0.0930. The van der Waals surface area contributed by atoms with E-state index in [0.29, 0.717) is 5.82 Å². The molecular weight excluding hydrogens is 266 g/mol. The zero-order valence-electron chi connectivity index (χ0n) is 10.3. The van der Waals surface area contributed by atoms with Gasteiger partial charge in [-0.1, -0.05) is 6.07 Å². The van der Waals surface area contributed by atoms with Crippen molar-refractivity contribution in [1.82, 2.24) is 20.5 Å². The number of non-ortho nitro benzene ring substituents is 1. The van der Waals surface area contributed by atoms with Crippen LogP contribution in [0.1, 0.15) is 5.82 Å². The number of hydrogen-bond donors (Lipinski definition) is 2. The first-order chi connectivity index (χ1) is 9.65. The van der Waals surface area contributed by atoms with Crippen molar-refractivity contribution in [1.29, 1.82) is 0 Å². The van der Waals surface area contributed by atoms with Crippen LogP contribution in [0.2, 0.25) is 0 Å². The van der Waals surface area contributed by atoms with Crippen molar-refractivity contribution in [3.8, 4) is 5.75 Å². The fraction of sp³-hybridized carbons (Fsp3) is 0.182. The van der Waals surface area contributed by atoms with E-state index in [1.165, 1.54) is 30.6 Å². The molecule has 0 bridgehead atoms. The van der Waals surface area contributed by atoms with E-state index in [1.54, 1.807) is 0 Å². The van der Waals surface area contributed by atoms with Crippen LogP contribution in [-0.2, 0) is 11.3 Å². The Balaban J connectivity index is 1.81. The van der Waals surface area contributed by atoms with Gasteiger partial charge in [-0.2, -0.15) is 5.10 Å². The smallest absolute Gasteiger partial charge is 0.273 e. The fourth-order valence-corrected chi connectivity index (χ4v) is 1.39. The number of amides is 1. The van der Waals surface area contributed by atoms with E-state index in [0.717, 1.165) is 0 Å². The lowest BCUT2D eigenvalue weighted by Gasteiger charge is -2.06. The largest absolute Gasteiger partial charge is 0.484 e. The molecule has 1 aromatic carbocycles. The summed E-state index contributed by atoms with van der Waals surface area (Å²) < 4.78 is 5.17. The molecule has 0 aliphatic carbocycles. The van der Waals surface area contributed by atoms with Crippen molar-refractivity contribution in [2.75, 3.05) is 6.61 Å². The molecule has 9 heteroatoms. The number of nitrogens with zero attached hydrogens (tertiary/aromatic N) is 3. The molecule has 0 atom stereocenters. The van der Waals surface area contributed by atoms with E-state index in [1.807, 2.05) is 0 Å². The maximum atomic E-state index is 11.5. The van der Waals surface area contributed by atoms with Crippen molar-refractivity contribution < 1.29 is 14.5 Å². The minimum Gasteiger partial charge on any atom is -0.484 e. The van der Waals surface area contributed by atoms with Gasteiger partial charge >= 0.3 is 0 Å². The predicted octanol–water partition coefficient (Wildman–Crippen LogP) is 0.408. The summed E-state index contributed by atoms with van der Waals surface area (Å²) in [6.45, 7) is -0.0353. The molecule has 1 amide bonds. The summed E-state index contributed by atoms with van der Waals surface area (Å²) in [6, 6.07) is 5.62. The molecule has 9 nitrogen and oxygen atoms in total. The van der Waals surface area contributed by atoms with E-state index < -0.39 is 4.92 Å². The van der Waals surface area contributed by atoms with Gasteiger partial charge in [0.15, 0.2) is 6.61 Å². The summed E-state index contributed by atoms with van der Waals surface area (Å²) in [5, 5.41) is 19.4. The Morgan fingerprint density at radius 1 is 1.50 bits per heavy atom. The Morgan fingerprint density at radius 3 is 3.05 bits per heavy atom. The van der Waals surface area contributed by atoms with Crippen molar-refractivity contribution >= 4 is 11.6 Å². The molecule has 2 rings (SSSR count). The summed E-state index contributed by atoms with van der Waals surface area (Å²) in [4.78, 5) is 25.4. The predicted molar refractivity (Wildman–Crippen MR) is 66.8 cm³/mol. The molecular formula is C11H11N5O4. The lowest BCUT2D eigenvalue weighted by atomic mass is 10.3. The number of nitrogens with one attached hydrogen (secondary N) is 2. The summed E-state index contributed by atoms with van der Waals surface area (Å²) in [6.07, 6.45) is 1.33. The first kappa shape index (κ1) is 13.5. The summed E-state index contributed by atoms with van der Waals surface area (Å²) in [7, 11) is 0. The Labute approximate surface area is 113 Å². The Hall–Kier alpha value is -2.97. The summed E-state index contributed by atoms with van der Waals surface area (Å²) >= 11 is 0. The fourth-order valence-electron chi connectivity index (χ4n) is 1.39. The average Bonchev–Trinajstić information content (AvgIpc) is 2.96. The average molecular weight is 277 g/mol. The van der Waals surface area contributed by atoms with E-state index in [9.17, 15) is 14.9 Å². The molecule has 20 heavy (non-hydrogen) atoms. The van der Waals surface area contributed by atoms with E-state index in [-0.39, 0.29) is 30.5 Å². The molecule has 1 heterocycles. The maximum Gasteiger partial charge on any atom is 0.273 e. The third kappa shape index (κ3) is 3.77. The van der Waals surface area contributed by atoms with Crippen LogP contribution in [0, 0.1) is 10.1 Å². The SMILES string of the molecule is O=C(COc1cccc([N+](=O)[O-])c1)NCc1ncn[nH]1. The number of carbonyl (C=O) groups is 1. The van der Waals surface area contributed by atoms with Crippen LogP contribution < -0.4 is 10.1 Å². The van der Waals surface area contributed by atoms with Gasteiger partial charge in [-0.15, -0.1) is 0 Å². The van der Waals surface area contributed by atoms with Crippen LogP contribution in [0.4, 0.5) is 5.69 Å². The first-order valence-electron chi connectivity index (χ1n) is 5.63. The number of aromatic nitrogens is 3. The number of carbonyl (C=O) groups excluding carboxylic acids is 1. The highest BCUT2D eigenvalue weighted by molar-refractivity contribution is 5.77. The lowest BCUT2D eigenvalue weighted by molar-refractivity contribution is -0.384. The molecule has 0 fully saturated rings. The van der Waals surface area contributed by atoms with Gasteiger partial charge in [0, 0.05) is 6.07 Å². The zero-order chi connectivity index (χ0) is 14.4. The standard InChI is InChI=1S/C11H11N5O4/c17-11(12-5-10-13-7-14-15-10)6-20-9-3-1-2-8(4-9)16(18)19/h1-4,7H,5-6H2,(H,12,17)(H,13,14,15). The minimum atomic E-state index is -0.531. The number of rotatable bonds is 6. The number of H-pyrrole nitrogens is 1. The summed E-state index contributed by atoms with van der Waals surface area (Å²) in [5.41, 5.74) is -0.0930. The van der Waals surface area contributed by atoms with E-state index in [4.69, 9.17) is 4.74 Å². The van der Waals surface area contributed by atoms with Crippen LogP contribution in [0.5, 0.6) is 5.75 Å². The van der Waals surface area contributed by atoms with Crippen molar-refractivity contribution in [3.63, 3.8) is 0 Å². The normalized spacial score (nSPS) is 10.0. The van der Waals surface area contributed by atoms with E-state index in [2.05, 4.69) is 20.5 Å². The maximum absolute atomic E-state index is 11.5. The van der Waals surface area contributed by atoms with Crippen LogP contribution >= 0.6 is 0 Å². The van der Waals surface area contributed by atoms with Gasteiger partial charge in [-0.3, -0.25) is 20.0 Å². The molecule has 0 saturated heterocycles. The molecule has 0 unspecified atom stereocenters. The topological polar surface area (TPSA) is 123 Å². The Morgan fingerprint density at radius 2 is 2.35 bits per heavy atom. The van der Waals surface area contributed by atoms with Gasteiger partial charge in [0.1, 0.15) is 17.9 Å². The molecule has 0 aliphatic rings. The number of nitro groups is 1. The van der Waals surface area contributed by atoms with Crippen molar-refractivity contribution in [2.45, 2.75) is 6.54 Å². The number of ether oxygens (including phenoxy) is 1. The van der Waals surface area contributed by atoms with Gasteiger partial charge in [0.05, 0.1) is 17.5 Å². The highest BCUT2D eigenvalue weighted by Gasteiger charge is 2.08. The number of aromatic amines is 1. The Bertz CT molecular complexity index is 599. The quantitative estimate of drug-likeness (QED) is 0.582. The van der Waals surface area contributed by atoms with E-state index >= 15 is 0 Å². The molecule has 1 aromatic heterocycles. The van der Waals surface area contributed by atoms with Crippen molar-refractivity contribution in [3.05, 3.63) is 46.5 Å². The third-order valence-electron chi connectivity index (χ3n) is 2.32. The molecule has 0 radical (unpaired) electrons. The van der Waals surface area contributed by atoms with Crippen LogP contribution in [0.25, 0.3) is 0 Å². The van der Waals surface area contributed by atoms with Crippen LogP contribution in [-0.4, -0.2) is 32.6 Å². The zero-order valence-corrected chi connectivity index (χ0v) is 10.3. The number of benzene rings is 1. The molecule has 2 aromatic rings. The Kier molecular flexibility index (Phi) is 4.22. The van der Waals surface area contributed by atoms with Gasteiger partial charge in [0.25, 0.3) is 11.6 Å².